The first-order chi connectivity index (χ1) is 21.5. The van der Waals surface area contributed by atoms with Crippen molar-refractivity contribution in [3.63, 3.8) is 0 Å². The Hall–Kier alpha value is -5.72. The average molecular weight is 596 g/mol. The first-order valence-corrected chi connectivity index (χ1v) is 14.0. The molecule has 2 aromatic carbocycles. The first kappa shape index (κ1) is 28.4. The van der Waals surface area contributed by atoms with Gasteiger partial charge in [-0.2, -0.15) is 5.10 Å². The lowest BCUT2D eigenvalue weighted by Gasteiger charge is -2.32. The minimum Gasteiger partial charge on any atom is -0.495 e. The molecule has 224 valence electrons. The van der Waals surface area contributed by atoms with Gasteiger partial charge in [0.2, 0.25) is 5.91 Å². The SMILES string of the molecule is C=CC(=O)N1CCC(Nc2cc3c(Nc4ccc(Oc5ccnc(Nc6cc[nH]n6)c5)cc4F)ncnc3cc2OC)CC1. The van der Waals surface area contributed by atoms with Crippen LogP contribution >= 0.6 is 0 Å². The number of piperidine rings is 1. The van der Waals surface area contributed by atoms with E-state index in [9.17, 15) is 4.79 Å². The molecule has 3 aromatic heterocycles. The van der Waals surface area contributed by atoms with E-state index in [1.807, 2.05) is 12.1 Å². The van der Waals surface area contributed by atoms with E-state index in [1.54, 1.807) is 54.7 Å². The van der Waals surface area contributed by atoms with Crippen LogP contribution in [-0.2, 0) is 4.79 Å². The molecule has 0 saturated carbocycles. The van der Waals surface area contributed by atoms with Crippen LogP contribution in [0, 0.1) is 5.82 Å². The zero-order valence-corrected chi connectivity index (χ0v) is 23.9. The maximum atomic E-state index is 15.3. The van der Waals surface area contributed by atoms with Crippen LogP contribution in [0.3, 0.4) is 0 Å². The van der Waals surface area contributed by atoms with E-state index in [-0.39, 0.29) is 17.6 Å². The Morgan fingerprint density at radius 1 is 1.02 bits per heavy atom. The van der Waals surface area contributed by atoms with Crippen molar-refractivity contribution in [2.45, 2.75) is 18.9 Å². The second-order valence-corrected chi connectivity index (χ2v) is 10.1. The number of aromatic amines is 1. The van der Waals surface area contributed by atoms with Crippen molar-refractivity contribution in [1.29, 1.82) is 0 Å². The molecule has 0 bridgehead atoms. The fourth-order valence-corrected chi connectivity index (χ4v) is 4.99. The second kappa shape index (κ2) is 12.7. The Labute approximate surface area is 252 Å². The number of anilines is 5. The molecule has 5 aromatic rings. The predicted octanol–water partition coefficient (Wildman–Crippen LogP) is 5.76. The van der Waals surface area contributed by atoms with E-state index in [0.717, 1.165) is 18.5 Å². The van der Waals surface area contributed by atoms with Gasteiger partial charge in [0, 0.05) is 61.2 Å². The number of nitrogens with zero attached hydrogens (tertiary/aromatic N) is 5. The van der Waals surface area contributed by atoms with Gasteiger partial charge in [-0.1, -0.05) is 6.58 Å². The zero-order valence-electron chi connectivity index (χ0n) is 23.9. The van der Waals surface area contributed by atoms with Crippen molar-refractivity contribution < 1.29 is 18.7 Å². The molecular weight excluding hydrogens is 565 g/mol. The van der Waals surface area contributed by atoms with Crippen LogP contribution in [0.1, 0.15) is 12.8 Å². The van der Waals surface area contributed by atoms with E-state index in [2.05, 4.69) is 47.7 Å². The quantitative estimate of drug-likeness (QED) is 0.147. The summed E-state index contributed by atoms with van der Waals surface area (Å²) in [6.45, 7) is 4.85. The predicted molar refractivity (Wildman–Crippen MR) is 165 cm³/mol. The molecule has 1 aliphatic rings. The summed E-state index contributed by atoms with van der Waals surface area (Å²) >= 11 is 0. The Bertz CT molecular complexity index is 1790. The third-order valence-electron chi connectivity index (χ3n) is 7.22. The highest BCUT2D eigenvalue weighted by molar-refractivity contribution is 5.95. The molecule has 0 spiro atoms. The van der Waals surface area contributed by atoms with Gasteiger partial charge in [-0.05, 0) is 43.2 Å². The molecule has 0 atom stereocenters. The number of aromatic nitrogens is 5. The van der Waals surface area contributed by atoms with Crippen molar-refractivity contribution >= 4 is 45.6 Å². The van der Waals surface area contributed by atoms with Gasteiger partial charge < -0.3 is 30.3 Å². The topological polar surface area (TPSA) is 142 Å². The molecule has 44 heavy (non-hydrogen) atoms. The van der Waals surface area contributed by atoms with E-state index >= 15 is 4.39 Å². The number of carbonyl (C=O) groups is 1. The number of amides is 1. The molecule has 13 heteroatoms. The van der Waals surface area contributed by atoms with E-state index < -0.39 is 5.82 Å². The zero-order chi connectivity index (χ0) is 30.5. The lowest BCUT2D eigenvalue weighted by atomic mass is 10.0. The smallest absolute Gasteiger partial charge is 0.245 e. The number of fused-ring (bicyclic) bond motifs is 1. The maximum absolute atomic E-state index is 15.3. The molecule has 0 aliphatic carbocycles. The highest BCUT2D eigenvalue weighted by Gasteiger charge is 2.23. The van der Waals surface area contributed by atoms with Gasteiger partial charge in [0.15, 0.2) is 5.82 Å². The summed E-state index contributed by atoms with van der Waals surface area (Å²) in [5.41, 5.74) is 1.61. The highest BCUT2D eigenvalue weighted by Crippen LogP contribution is 2.35. The highest BCUT2D eigenvalue weighted by atomic mass is 19.1. The molecule has 1 fully saturated rings. The van der Waals surface area contributed by atoms with Crippen LogP contribution in [0.4, 0.5) is 33.2 Å². The monoisotopic (exact) mass is 595 g/mol. The number of nitrogens with one attached hydrogen (secondary N) is 4. The van der Waals surface area contributed by atoms with Gasteiger partial charge in [0.1, 0.15) is 41.0 Å². The molecule has 6 rings (SSSR count). The molecule has 1 amide bonds. The summed E-state index contributed by atoms with van der Waals surface area (Å²) in [5, 5.41) is 17.1. The first-order valence-electron chi connectivity index (χ1n) is 14.0. The van der Waals surface area contributed by atoms with Gasteiger partial charge in [0.05, 0.1) is 24.0 Å². The Morgan fingerprint density at radius 3 is 2.61 bits per heavy atom. The number of pyridine rings is 1. The molecule has 0 unspecified atom stereocenters. The number of methoxy groups -OCH3 is 1. The largest absolute Gasteiger partial charge is 0.495 e. The third kappa shape index (κ3) is 6.36. The van der Waals surface area contributed by atoms with Crippen LogP contribution in [0.25, 0.3) is 10.9 Å². The standard InChI is InChI=1S/C31H30FN9O3/c1-3-30(42)41-12-8-19(9-13-41)37-26-16-22-25(17-27(26)43-2)34-18-35-31(22)38-24-5-4-20(14-23(24)32)44-21-6-10-33-29(15-21)39-28-7-11-36-40-28/h3-7,10-11,14-19,37H,1,8-9,12-13H2,2H3,(H,34,35,38)(H2,33,36,39,40). The van der Waals surface area contributed by atoms with E-state index in [1.165, 1.54) is 18.5 Å². The average Bonchev–Trinajstić information content (AvgIpc) is 3.55. The molecule has 4 heterocycles. The van der Waals surface area contributed by atoms with Crippen molar-refractivity contribution in [2.24, 2.45) is 0 Å². The van der Waals surface area contributed by atoms with Crippen LogP contribution in [0.5, 0.6) is 17.2 Å². The molecule has 0 radical (unpaired) electrons. The summed E-state index contributed by atoms with van der Waals surface area (Å²) in [6.07, 6.45) is 7.59. The van der Waals surface area contributed by atoms with Gasteiger partial charge in [0.25, 0.3) is 0 Å². The third-order valence-corrected chi connectivity index (χ3v) is 7.22. The fraction of sp³-hybridized carbons (Fsp3) is 0.194. The minimum absolute atomic E-state index is 0.0589. The maximum Gasteiger partial charge on any atom is 0.245 e. The molecule has 12 nitrogen and oxygen atoms in total. The summed E-state index contributed by atoms with van der Waals surface area (Å²) in [4.78, 5) is 26.8. The Morgan fingerprint density at radius 2 is 1.86 bits per heavy atom. The number of H-pyrrole nitrogens is 1. The Kier molecular flexibility index (Phi) is 8.17. The minimum atomic E-state index is -0.522. The number of benzene rings is 2. The lowest BCUT2D eigenvalue weighted by molar-refractivity contribution is -0.126. The summed E-state index contributed by atoms with van der Waals surface area (Å²) < 4.78 is 26.8. The number of likely N-dealkylation sites (tertiary alicyclic amines) is 1. The van der Waals surface area contributed by atoms with Crippen LogP contribution in [0.2, 0.25) is 0 Å². The number of halogens is 1. The van der Waals surface area contributed by atoms with Crippen molar-refractivity contribution in [1.82, 2.24) is 30.0 Å². The number of rotatable bonds is 10. The number of hydrogen-bond donors (Lipinski definition) is 4. The summed E-state index contributed by atoms with van der Waals surface area (Å²) in [6, 6.07) is 13.5. The Balaban J connectivity index is 1.18. The van der Waals surface area contributed by atoms with Gasteiger partial charge in [-0.3, -0.25) is 9.89 Å². The summed E-state index contributed by atoms with van der Waals surface area (Å²) in [5.74, 6) is 2.41. The van der Waals surface area contributed by atoms with Gasteiger partial charge >= 0.3 is 0 Å². The molecular formula is C31H30FN9O3. The lowest BCUT2D eigenvalue weighted by Crippen LogP contribution is -2.41. The van der Waals surface area contributed by atoms with Crippen molar-refractivity contribution in [3.8, 4) is 17.2 Å². The number of carbonyl (C=O) groups excluding carboxylic acids is 1. The van der Waals surface area contributed by atoms with Crippen LogP contribution in [0.15, 0.2) is 79.9 Å². The number of hydrogen-bond acceptors (Lipinski definition) is 10. The van der Waals surface area contributed by atoms with Gasteiger partial charge in [-0.25, -0.2) is 19.3 Å². The molecule has 4 N–H and O–H groups in total. The van der Waals surface area contributed by atoms with Gasteiger partial charge in [-0.15, -0.1) is 0 Å². The number of ether oxygens (including phenoxy) is 2. The van der Waals surface area contributed by atoms with Crippen LogP contribution in [-0.4, -0.2) is 62.2 Å². The summed E-state index contributed by atoms with van der Waals surface area (Å²) in [7, 11) is 1.60. The molecule has 1 aliphatic heterocycles. The molecule has 1 saturated heterocycles. The normalized spacial score (nSPS) is 13.4. The van der Waals surface area contributed by atoms with E-state index in [0.29, 0.717) is 58.7 Å². The van der Waals surface area contributed by atoms with Crippen molar-refractivity contribution in [3.05, 3.63) is 85.7 Å². The fourth-order valence-electron chi connectivity index (χ4n) is 4.99. The van der Waals surface area contributed by atoms with Crippen molar-refractivity contribution in [2.75, 3.05) is 36.1 Å². The van der Waals surface area contributed by atoms with Crippen LogP contribution < -0.4 is 25.4 Å². The second-order valence-electron chi connectivity index (χ2n) is 10.1. The van der Waals surface area contributed by atoms with E-state index in [4.69, 9.17) is 9.47 Å².